The molecular formula is C23H29F4N5O. The molecule has 1 amide bonds. The van der Waals surface area contributed by atoms with Gasteiger partial charge in [-0.05, 0) is 49.5 Å². The topological polar surface area (TPSA) is 85.3 Å². The van der Waals surface area contributed by atoms with Crippen LogP contribution in [-0.4, -0.2) is 32.1 Å². The number of amides is 1. The molecule has 33 heavy (non-hydrogen) atoms. The summed E-state index contributed by atoms with van der Waals surface area (Å²) in [4.78, 5) is 21.7. The number of aromatic nitrogens is 3. The summed E-state index contributed by atoms with van der Waals surface area (Å²) >= 11 is 0. The third-order valence-electron chi connectivity index (χ3n) is 7.35. The van der Waals surface area contributed by atoms with E-state index in [1.54, 1.807) is 10.6 Å². The highest BCUT2D eigenvalue weighted by Crippen LogP contribution is 2.45. The van der Waals surface area contributed by atoms with E-state index in [1.807, 2.05) is 12.3 Å². The number of hydrogen-bond donors (Lipinski definition) is 2. The fourth-order valence-corrected chi connectivity index (χ4v) is 5.19. The van der Waals surface area contributed by atoms with Gasteiger partial charge in [0.2, 0.25) is 23.5 Å². The van der Waals surface area contributed by atoms with Crippen molar-refractivity contribution in [2.75, 3.05) is 0 Å². The standard InChI is InChI=1S/C23H29F4N5O/c24-22(25)6-3-14(4-7-22)19(28)17-12-32-8-5-16(29-21(32)30-17)20(15-1-2-15)31-18(33)9-13-10-23(26,27)11-13/h5,8,12-15,19-20H,1-4,6-7,9-11,28H2,(H,31,33)/t19-,20?/m0/s1. The predicted octanol–water partition coefficient (Wildman–Crippen LogP) is 4.56. The van der Waals surface area contributed by atoms with Crippen molar-refractivity contribution in [1.29, 1.82) is 0 Å². The summed E-state index contributed by atoms with van der Waals surface area (Å²) in [7, 11) is 0. The van der Waals surface area contributed by atoms with Gasteiger partial charge in [0.15, 0.2) is 0 Å². The fraction of sp³-hybridized carbons (Fsp3) is 0.696. The molecule has 2 aromatic heterocycles. The van der Waals surface area contributed by atoms with E-state index in [0.717, 1.165) is 12.8 Å². The van der Waals surface area contributed by atoms with Gasteiger partial charge in [-0.2, -0.15) is 0 Å². The Balaban J connectivity index is 1.27. The minimum atomic E-state index is -2.63. The second kappa shape index (κ2) is 8.21. The monoisotopic (exact) mass is 467 g/mol. The summed E-state index contributed by atoms with van der Waals surface area (Å²) in [5.74, 6) is -5.07. The molecule has 3 N–H and O–H groups in total. The van der Waals surface area contributed by atoms with Gasteiger partial charge >= 0.3 is 0 Å². The molecule has 2 atom stereocenters. The molecular weight excluding hydrogens is 438 g/mol. The largest absolute Gasteiger partial charge is 0.347 e. The van der Waals surface area contributed by atoms with Crippen molar-refractivity contribution >= 4 is 11.7 Å². The molecule has 180 valence electrons. The van der Waals surface area contributed by atoms with Crippen LogP contribution in [0.4, 0.5) is 17.6 Å². The van der Waals surface area contributed by atoms with Crippen molar-refractivity contribution in [2.45, 2.75) is 81.7 Å². The van der Waals surface area contributed by atoms with E-state index < -0.39 is 17.9 Å². The highest BCUT2D eigenvalue weighted by Gasteiger charge is 2.46. The first-order chi connectivity index (χ1) is 15.6. The molecule has 3 fully saturated rings. The molecule has 1 unspecified atom stereocenters. The molecule has 3 saturated carbocycles. The van der Waals surface area contributed by atoms with Crippen molar-refractivity contribution in [3.63, 3.8) is 0 Å². The lowest BCUT2D eigenvalue weighted by molar-refractivity contribution is -0.134. The number of carbonyl (C=O) groups is 1. The zero-order chi connectivity index (χ0) is 23.4. The average molecular weight is 468 g/mol. The Hall–Kier alpha value is -2.23. The molecule has 3 aliphatic carbocycles. The zero-order valence-electron chi connectivity index (χ0n) is 18.3. The van der Waals surface area contributed by atoms with Gasteiger partial charge in [0, 0.05) is 44.5 Å². The van der Waals surface area contributed by atoms with E-state index in [1.165, 1.54) is 0 Å². The van der Waals surface area contributed by atoms with E-state index in [0.29, 0.717) is 30.0 Å². The molecule has 0 bridgehead atoms. The molecule has 6 nitrogen and oxygen atoms in total. The Bertz CT molecular complexity index is 1020. The minimum Gasteiger partial charge on any atom is -0.347 e. The average Bonchev–Trinajstić information content (AvgIpc) is 3.48. The van der Waals surface area contributed by atoms with Crippen LogP contribution in [0.15, 0.2) is 18.5 Å². The van der Waals surface area contributed by atoms with E-state index in [4.69, 9.17) is 5.73 Å². The predicted molar refractivity (Wildman–Crippen MR) is 113 cm³/mol. The summed E-state index contributed by atoms with van der Waals surface area (Å²) in [6.45, 7) is 0. The second-order valence-corrected chi connectivity index (χ2v) is 10.2. The number of nitrogens with zero attached hydrogens (tertiary/aromatic N) is 3. The van der Waals surface area contributed by atoms with Crippen molar-refractivity contribution < 1.29 is 22.4 Å². The summed E-state index contributed by atoms with van der Waals surface area (Å²) < 4.78 is 54.9. The van der Waals surface area contributed by atoms with Gasteiger partial charge in [0.1, 0.15) is 0 Å². The SMILES string of the molecule is N[C@H](c1cn2ccc(C(NC(=O)CC3CC(F)(F)C3)C3CC3)nc2n1)C1CCC(F)(F)CC1. The maximum atomic E-state index is 13.5. The first-order valence-electron chi connectivity index (χ1n) is 11.7. The highest BCUT2D eigenvalue weighted by atomic mass is 19.3. The van der Waals surface area contributed by atoms with Gasteiger partial charge in [-0.25, -0.2) is 27.5 Å². The lowest BCUT2D eigenvalue weighted by Gasteiger charge is -2.34. The van der Waals surface area contributed by atoms with Crippen molar-refractivity contribution in [3.8, 4) is 0 Å². The van der Waals surface area contributed by atoms with Crippen LogP contribution in [-0.2, 0) is 4.79 Å². The van der Waals surface area contributed by atoms with Crippen LogP contribution in [0, 0.1) is 17.8 Å². The van der Waals surface area contributed by atoms with Crippen molar-refractivity contribution in [1.82, 2.24) is 19.7 Å². The van der Waals surface area contributed by atoms with E-state index in [-0.39, 0.29) is 61.8 Å². The van der Waals surface area contributed by atoms with E-state index in [9.17, 15) is 22.4 Å². The summed E-state index contributed by atoms with van der Waals surface area (Å²) in [6, 6.07) is 1.11. The van der Waals surface area contributed by atoms with Gasteiger partial charge < -0.3 is 11.1 Å². The number of carbonyl (C=O) groups excluding carboxylic acids is 1. The summed E-state index contributed by atoms with van der Waals surface area (Å²) in [6.07, 6.45) is 5.60. The lowest BCUT2D eigenvalue weighted by Crippen LogP contribution is -2.39. The number of halogens is 4. The third kappa shape index (κ3) is 5.00. The van der Waals surface area contributed by atoms with Gasteiger partial charge in [0.05, 0.1) is 23.5 Å². The summed E-state index contributed by atoms with van der Waals surface area (Å²) in [5.41, 5.74) is 7.67. The normalized spacial score (nSPS) is 24.9. The number of rotatable bonds is 7. The number of fused-ring (bicyclic) bond motifs is 1. The lowest BCUT2D eigenvalue weighted by atomic mass is 9.79. The number of alkyl halides is 4. The van der Waals surface area contributed by atoms with Gasteiger partial charge in [-0.1, -0.05) is 0 Å². The van der Waals surface area contributed by atoms with Crippen molar-refractivity contribution in [3.05, 3.63) is 29.8 Å². The smallest absolute Gasteiger partial charge is 0.248 e. The van der Waals surface area contributed by atoms with E-state index in [2.05, 4.69) is 15.3 Å². The van der Waals surface area contributed by atoms with Crippen LogP contribution >= 0.6 is 0 Å². The maximum absolute atomic E-state index is 13.5. The van der Waals surface area contributed by atoms with Crippen LogP contribution in [0.2, 0.25) is 0 Å². The molecule has 0 radical (unpaired) electrons. The Morgan fingerprint density at radius 3 is 2.36 bits per heavy atom. The fourth-order valence-electron chi connectivity index (χ4n) is 5.19. The van der Waals surface area contributed by atoms with Crippen LogP contribution in [0.3, 0.4) is 0 Å². The molecule has 5 rings (SSSR count). The number of nitrogens with two attached hydrogens (primary N) is 1. The molecule has 0 aliphatic heterocycles. The zero-order valence-corrected chi connectivity index (χ0v) is 18.3. The number of hydrogen-bond acceptors (Lipinski definition) is 4. The Labute approximate surface area is 189 Å². The van der Waals surface area contributed by atoms with Gasteiger partial charge in [-0.15, -0.1) is 0 Å². The Morgan fingerprint density at radius 2 is 1.73 bits per heavy atom. The maximum Gasteiger partial charge on any atom is 0.248 e. The molecule has 2 heterocycles. The summed E-state index contributed by atoms with van der Waals surface area (Å²) in [5, 5.41) is 3.00. The van der Waals surface area contributed by atoms with Crippen LogP contribution < -0.4 is 11.1 Å². The number of nitrogens with one attached hydrogen (secondary N) is 1. The second-order valence-electron chi connectivity index (χ2n) is 10.2. The van der Waals surface area contributed by atoms with Gasteiger partial charge in [-0.3, -0.25) is 9.20 Å². The highest BCUT2D eigenvalue weighted by molar-refractivity contribution is 5.77. The molecule has 2 aromatic rings. The molecule has 3 aliphatic rings. The number of imidazole rings is 1. The minimum absolute atomic E-state index is 0.0496. The Morgan fingerprint density at radius 1 is 1.06 bits per heavy atom. The third-order valence-corrected chi connectivity index (χ3v) is 7.35. The molecule has 0 spiro atoms. The Kier molecular flexibility index (Phi) is 5.61. The van der Waals surface area contributed by atoms with Gasteiger partial charge in [0.25, 0.3) is 0 Å². The van der Waals surface area contributed by atoms with Crippen LogP contribution in [0.1, 0.15) is 81.3 Å². The first kappa shape index (κ1) is 22.6. The molecule has 0 saturated heterocycles. The van der Waals surface area contributed by atoms with E-state index >= 15 is 0 Å². The molecule has 10 heteroatoms. The molecule has 0 aromatic carbocycles. The van der Waals surface area contributed by atoms with Crippen LogP contribution in [0.5, 0.6) is 0 Å². The van der Waals surface area contributed by atoms with Crippen molar-refractivity contribution in [2.24, 2.45) is 23.5 Å². The van der Waals surface area contributed by atoms with Crippen LogP contribution in [0.25, 0.3) is 5.78 Å². The first-order valence-corrected chi connectivity index (χ1v) is 11.7. The quantitative estimate of drug-likeness (QED) is 0.585.